The van der Waals surface area contributed by atoms with Crippen LogP contribution in [0.15, 0.2) is 0 Å². The Morgan fingerprint density at radius 1 is 0.800 bits per heavy atom. The Morgan fingerprint density at radius 2 is 1.25 bits per heavy atom. The average Bonchev–Trinajstić information content (AvgIpc) is 2.36. The van der Waals surface area contributed by atoms with Crippen LogP contribution in [-0.2, 0) is 0 Å². The normalized spacial score (nSPS) is 15.3. The molecule has 0 bridgehead atoms. The van der Waals surface area contributed by atoms with Crippen molar-refractivity contribution >= 4 is 0 Å². The Hall–Kier alpha value is -0.120. The number of hydrogen-bond acceptors (Lipinski definition) is 2. The molecule has 0 aromatic rings. The molecule has 0 saturated heterocycles. The smallest absolute Gasteiger partial charge is 0.111 e. The molecule has 3 nitrogen and oxygen atoms in total. The van der Waals surface area contributed by atoms with Gasteiger partial charge in [0.2, 0.25) is 0 Å². The summed E-state index contributed by atoms with van der Waals surface area (Å²) in [4.78, 5) is 0. The maximum absolute atomic E-state index is 12.3. The summed E-state index contributed by atoms with van der Waals surface area (Å²) in [5.74, 6) is 5.90. The summed E-state index contributed by atoms with van der Waals surface area (Å²) in [6.45, 7) is 8.82. The van der Waals surface area contributed by atoms with Crippen molar-refractivity contribution in [1.29, 1.82) is 0 Å². The minimum atomic E-state index is -0.583. The summed E-state index contributed by atoms with van der Waals surface area (Å²) < 4.78 is -0.583. The van der Waals surface area contributed by atoms with Gasteiger partial charge >= 0.3 is 0 Å². The van der Waals surface area contributed by atoms with E-state index in [2.05, 4.69) is 6.92 Å². The first kappa shape index (κ1) is 19.9. The van der Waals surface area contributed by atoms with E-state index in [4.69, 9.17) is 5.84 Å². The quantitative estimate of drug-likeness (QED) is 0.216. The predicted molar refractivity (Wildman–Crippen MR) is 88.9 cm³/mol. The first-order valence-electron chi connectivity index (χ1n) is 8.75. The lowest BCUT2D eigenvalue weighted by Crippen LogP contribution is -2.62. The van der Waals surface area contributed by atoms with Crippen LogP contribution >= 0.6 is 0 Å². The van der Waals surface area contributed by atoms with Crippen molar-refractivity contribution < 1.29 is 4.76 Å². The molecule has 3 heteroatoms. The Kier molecular flexibility index (Phi) is 10.5. The highest BCUT2D eigenvalue weighted by atomic mass is 16.6. The summed E-state index contributed by atoms with van der Waals surface area (Å²) in [6.07, 6.45) is 13.7. The Labute approximate surface area is 127 Å². The summed E-state index contributed by atoms with van der Waals surface area (Å²) in [7, 11) is 0. The highest BCUT2D eigenvalue weighted by Crippen LogP contribution is 2.26. The number of rotatable bonds is 13. The standard InChI is InChI=1S/C17H38N2O/c1-5-7-8-9-10-11-12-13-14-15-17(3,4)19(18,20)16-6-2/h5-16,18H2,1-4H3. The van der Waals surface area contributed by atoms with Crippen molar-refractivity contribution in [2.45, 2.75) is 104 Å². The predicted octanol–water partition coefficient (Wildman–Crippen LogP) is 5.28. The lowest BCUT2D eigenvalue weighted by atomic mass is 9.94. The van der Waals surface area contributed by atoms with E-state index in [1.165, 1.54) is 51.4 Å². The second kappa shape index (κ2) is 10.6. The molecule has 0 saturated carbocycles. The van der Waals surface area contributed by atoms with Gasteiger partial charge in [0.25, 0.3) is 0 Å². The number of hydroxylamine groups is 2. The highest BCUT2D eigenvalue weighted by molar-refractivity contribution is 4.70. The van der Waals surface area contributed by atoms with Crippen LogP contribution in [0.4, 0.5) is 0 Å². The summed E-state index contributed by atoms with van der Waals surface area (Å²) in [6, 6.07) is 0. The fourth-order valence-corrected chi connectivity index (χ4v) is 2.69. The highest BCUT2D eigenvalue weighted by Gasteiger charge is 2.33. The van der Waals surface area contributed by atoms with Crippen molar-refractivity contribution in [3.8, 4) is 0 Å². The molecule has 1 atom stereocenters. The Balaban J connectivity index is 3.63. The SMILES string of the molecule is CCCCCCCCCCCC(C)(C)[N+](N)([O-])CCC. The summed E-state index contributed by atoms with van der Waals surface area (Å²) in [5, 5.41) is 12.3. The third-order valence-corrected chi connectivity index (χ3v) is 4.47. The second-order valence-electron chi connectivity index (χ2n) is 6.91. The molecule has 0 spiro atoms. The van der Waals surface area contributed by atoms with Crippen LogP contribution in [0.25, 0.3) is 0 Å². The average molecular weight is 287 g/mol. The zero-order valence-corrected chi connectivity index (χ0v) is 14.4. The van der Waals surface area contributed by atoms with E-state index in [1.54, 1.807) is 0 Å². The number of nitrogens with two attached hydrogens (primary N) is 1. The van der Waals surface area contributed by atoms with E-state index in [1.807, 2.05) is 20.8 Å². The van der Waals surface area contributed by atoms with Crippen LogP contribution in [0.3, 0.4) is 0 Å². The van der Waals surface area contributed by atoms with Gasteiger partial charge < -0.3 is 5.21 Å². The van der Waals surface area contributed by atoms with Crippen LogP contribution in [0, 0.1) is 5.21 Å². The summed E-state index contributed by atoms with van der Waals surface area (Å²) >= 11 is 0. The molecule has 0 aliphatic heterocycles. The molecule has 122 valence electrons. The molecular formula is C17H38N2O. The van der Waals surface area contributed by atoms with E-state index >= 15 is 0 Å². The zero-order valence-electron chi connectivity index (χ0n) is 14.4. The minimum Gasteiger partial charge on any atom is -0.611 e. The molecular weight excluding hydrogens is 248 g/mol. The Bertz CT molecular complexity index is 227. The fourth-order valence-electron chi connectivity index (χ4n) is 2.69. The third kappa shape index (κ3) is 8.23. The van der Waals surface area contributed by atoms with Gasteiger partial charge in [0, 0.05) is 6.42 Å². The van der Waals surface area contributed by atoms with Crippen LogP contribution in [-0.4, -0.2) is 16.8 Å². The molecule has 0 heterocycles. The van der Waals surface area contributed by atoms with Crippen LogP contribution < -0.4 is 5.84 Å². The van der Waals surface area contributed by atoms with Gasteiger partial charge in [-0.25, -0.2) is 0 Å². The van der Waals surface area contributed by atoms with Gasteiger partial charge in [0.05, 0.1) is 6.54 Å². The lowest BCUT2D eigenvalue weighted by Gasteiger charge is -2.49. The van der Waals surface area contributed by atoms with E-state index in [0.717, 1.165) is 19.3 Å². The molecule has 2 N–H and O–H groups in total. The van der Waals surface area contributed by atoms with Crippen molar-refractivity contribution in [3.63, 3.8) is 0 Å². The summed E-state index contributed by atoms with van der Waals surface area (Å²) in [5.41, 5.74) is -0.350. The molecule has 0 fully saturated rings. The van der Waals surface area contributed by atoms with Crippen molar-refractivity contribution in [2.75, 3.05) is 6.54 Å². The van der Waals surface area contributed by atoms with Crippen LogP contribution in [0.1, 0.15) is 98.3 Å². The molecule has 1 unspecified atom stereocenters. The van der Waals surface area contributed by atoms with Crippen molar-refractivity contribution in [3.05, 3.63) is 5.21 Å². The molecule has 0 rings (SSSR count). The number of unbranched alkanes of at least 4 members (excludes halogenated alkanes) is 8. The first-order valence-corrected chi connectivity index (χ1v) is 8.75. The van der Waals surface area contributed by atoms with Crippen LogP contribution in [0.2, 0.25) is 0 Å². The maximum atomic E-state index is 12.3. The Morgan fingerprint density at radius 3 is 1.70 bits per heavy atom. The second-order valence-corrected chi connectivity index (χ2v) is 6.91. The minimum absolute atomic E-state index is 0.350. The van der Waals surface area contributed by atoms with Crippen LogP contribution in [0.5, 0.6) is 0 Å². The molecule has 0 aliphatic rings. The topological polar surface area (TPSA) is 49.1 Å². The first-order chi connectivity index (χ1) is 9.37. The zero-order chi connectivity index (χ0) is 15.5. The number of quaternary nitrogens is 1. The van der Waals surface area contributed by atoms with Crippen molar-refractivity contribution in [2.24, 2.45) is 5.84 Å². The van der Waals surface area contributed by atoms with E-state index < -0.39 is 4.76 Å². The van der Waals surface area contributed by atoms with Gasteiger partial charge in [-0.3, -0.25) is 4.76 Å². The van der Waals surface area contributed by atoms with E-state index in [0.29, 0.717) is 6.54 Å². The molecule has 0 aromatic carbocycles. The van der Waals surface area contributed by atoms with Crippen molar-refractivity contribution in [1.82, 2.24) is 0 Å². The third-order valence-electron chi connectivity index (χ3n) is 4.47. The van der Waals surface area contributed by atoms with Gasteiger partial charge in [0.1, 0.15) is 5.54 Å². The van der Waals surface area contributed by atoms with Gasteiger partial charge in [-0.1, -0.05) is 65.2 Å². The molecule has 0 radical (unpaired) electrons. The van der Waals surface area contributed by atoms with E-state index in [-0.39, 0.29) is 5.54 Å². The van der Waals surface area contributed by atoms with Gasteiger partial charge in [0.15, 0.2) is 0 Å². The molecule has 20 heavy (non-hydrogen) atoms. The van der Waals surface area contributed by atoms with Gasteiger partial charge in [-0.2, -0.15) is 5.84 Å². The maximum Gasteiger partial charge on any atom is 0.111 e. The lowest BCUT2D eigenvalue weighted by molar-refractivity contribution is -0.940. The fraction of sp³-hybridized carbons (Fsp3) is 1.00. The molecule has 0 aromatic heterocycles. The number of nitrogens with zero attached hydrogens (tertiary/aromatic N) is 1. The monoisotopic (exact) mass is 286 g/mol. The molecule has 0 aliphatic carbocycles. The number of hydrogen-bond donors (Lipinski definition) is 1. The largest absolute Gasteiger partial charge is 0.611 e. The van der Waals surface area contributed by atoms with Gasteiger partial charge in [-0.05, 0) is 26.7 Å². The van der Waals surface area contributed by atoms with Gasteiger partial charge in [-0.15, -0.1) is 0 Å². The van der Waals surface area contributed by atoms with E-state index in [9.17, 15) is 5.21 Å². The molecule has 0 amide bonds.